The van der Waals surface area contributed by atoms with Crippen LogP contribution in [0.15, 0.2) is 30.6 Å². The molecule has 0 saturated carbocycles. The minimum Gasteiger partial charge on any atom is -0.360 e. The van der Waals surface area contributed by atoms with E-state index in [-0.39, 0.29) is 17.2 Å². The summed E-state index contributed by atoms with van der Waals surface area (Å²) >= 11 is 0. The molecule has 1 aliphatic heterocycles. The summed E-state index contributed by atoms with van der Waals surface area (Å²) in [5.74, 6) is -0.0765. The van der Waals surface area contributed by atoms with Gasteiger partial charge in [-0.25, -0.2) is 14.4 Å². The van der Waals surface area contributed by atoms with Gasteiger partial charge in [-0.15, -0.1) is 0 Å². The first-order valence-electron chi connectivity index (χ1n) is 8.94. The fourth-order valence-electron chi connectivity index (χ4n) is 3.39. The second-order valence-corrected chi connectivity index (χ2v) is 6.79. The van der Waals surface area contributed by atoms with Gasteiger partial charge in [0.05, 0.1) is 23.4 Å². The highest BCUT2D eigenvalue weighted by Crippen LogP contribution is 2.38. The Morgan fingerprint density at radius 2 is 2.10 bits per heavy atom. The van der Waals surface area contributed by atoms with E-state index in [9.17, 15) is 17.6 Å². The standard InChI is InChI=1S/C19H16F4N6/c20-14-3-4-25-9-16(14)28-18-27-8-13(19(21,22)23)17(29-18)12-7-26-15-5-10(6-24)1-2-11(12)15/h1-2,5,7-8,14,16,25-26H,3-4,9H2,(H,27,28,29)/t14-,16-/m1/s1. The Labute approximate surface area is 163 Å². The lowest BCUT2D eigenvalue weighted by atomic mass is 10.0. The van der Waals surface area contributed by atoms with E-state index in [0.29, 0.717) is 42.2 Å². The molecular formula is C19H16F4N6. The van der Waals surface area contributed by atoms with Crippen molar-refractivity contribution < 1.29 is 17.6 Å². The zero-order valence-corrected chi connectivity index (χ0v) is 15.0. The lowest BCUT2D eigenvalue weighted by Crippen LogP contribution is -2.46. The van der Waals surface area contributed by atoms with Crippen LogP contribution in [0.1, 0.15) is 17.5 Å². The number of rotatable bonds is 3. The van der Waals surface area contributed by atoms with E-state index in [1.807, 2.05) is 6.07 Å². The molecule has 2 aromatic heterocycles. The van der Waals surface area contributed by atoms with E-state index in [4.69, 9.17) is 5.26 Å². The molecule has 150 valence electrons. The Morgan fingerprint density at radius 1 is 1.28 bits per heavy atom. The maximum Gasteiger partial charge on any atom is 0.419 e. The van der Waals surface area contributed by atoms with Crippen molar-refractivity contribution in [2.45, 2.75) is 24.8 Å². The summed E-state index contributed by atoms with van der Waals surface area (Å²) in [5, 5.41) is 15.3. The number of aromatic amines is 1. The number of fused-ring (bicyclic) bond motifs is 1. The molecule has 0 unspecified atom stereocenters. The number of aromatic nitrogens is 3. The molecular weight excluding hydrogens is 388 g/mol. The molecule has 0 amide bonds. The van der Waals surface area contributed by atoms with Crippen LogP contribution in [-0.4, -0.2) is 40.3 Å². The molecule has 3 aromatic rings. The molecule has 0 spiro atoms. The van der Waals surface area contributed by atoms with Gasteiger partial charge in [0.15, 0.2) is 0 Å². The summed E-state index contributed by atoms with van der Waals surface area (Å²) < 4.78 is 54.8. The average Bonchev–Trinajstić information content (AvgIpc) is 3.12. The summed E-state index contributed by atoms with van der Waals surface area (Å²) in [4.78, 5) is 10.7. The number of hydrogen-bond acceptors (Lipinski definition) is 5. The van der Waals surface area contributed by atoms with Crippen molar-refractivity contribution in [3.63, 3.8) is 0 Å². The minimum absolute atomic E-state index is 0.0765. The lowest BCUT2D eigenvalue weighted by molar-refractivity contribution is -0.137. The van der Waals surface area contributed by atoms with Crippen molar-refractivity contribution in [3.8, 4) is 17.3 Å². The van der Waals surface area contributed by atoms with Gasteiger partial charge < -0.3 is 15.6 Å². The number of piperidine rings is 1. The Kier molecular flexibility index (Phi) is 4.84. The molecule has 29 heavy (non-hydrogen) atoms. The van der Waals surface area contributed by atoms with Crippen LogP contribution in [0, 0.1) is 11.3 Å². The van der Waals surface area contributed by atoms with Gasteiger partial charge in [0.1, 0.15) is 11.7 Å². The minimum atomic E-state index is -4.67. The van der Waals surface area contributed by atoms with Gasteiger partial charge in [-0.2, -0.15) is 18.4 Å². The number of nitriles is 1. The molecule has 3 heterocycles. The topological polar surface area (TPSA) is 89.4 Å². The Morgan fingerprint density at radius 3 is 2.83 bits per heavy atom. The third-order valence-electron chi connectivity index (χ3n) is 4.87. The van der Waals surface area contributed by atoms with Gasteiger partial charge in [-0.05, 0) is 25.1 Å². The van der Waals surface area contributed by atoms with Crippen LogP contribution in [0.5, 0.6) is 0 Å². The van der Waals surface area contributed by atoms with Crippen molar-refractivity contribution in [1.29, 1.82) is 5.26 Å². The molecule has 0 radical (unpaired) electrons. The van der Waals surface area contributed by atoms with Gasteiger partial charge in [0, 0.05) is 35.4 Å². The fourth-order valence-corrected chi connectivity index (χ4v) is 3.39. The monoisotopic (exact) mass is 404 g/mol. The SMILES string of the molecule is N#Cc1ccc2c(-c3nc(N[C@@H]4CNCC[C@H]4F)ncc3C(F)(F)F)c[nH]c2c1. The van der Waals surface area contributed by atoms with Crippen LogP contribution in [0.2, 0.25) is 0 Å². The van der Waals surface area contributed by atoms with Crippen LogP contribution < -0.4 is 10.6 Å². The molecule has 3 N–H and O–H groups in total. The Balaban J connectivity index is 1.79. The van der Waals surface area contributed by atoms with Crippen LogP contribution >= 0.6 is 0 Å². The number of anilines is 1. The zero-order valence-electron chi connectivity index (χ0n) is 15.0. The summed E-state index contributed by atoms with van der Waals surface area (Å²) in [7, 11) is 0. The van der Waals surface area contributed by atoms with E-state index in [1.54, 1.807) is 12.1 Å². The summed E-state index contributed by atoms with van der Waals surface area (Å²) in [5.41, 5.74) is -0.191. The molecule has 6 nitrogen and oxygen atoms in total. The molecule has 0 bridgehead atoms. The number of alkyl halides is 4. The van der Waals surface area contributed by atoms with Gasteiger partial charge in [0.25, 0.3) is 0 Å². The average molecular weight is 404 g/mol. The van der Waals surface area contributed by atoms with Crippen molar-refractivity contribution in [2.24, 2.45) is 0 Å². The van der Waals surface area contributed by atoms with Crippen LogP contribution in [0.25, 0.3) is 22.2 Å². The normalized spacial score (nSPS) is 19.8. The van der Waals surface area contributed by atoms with Crippen molar-refractivity contribution in [1.82, 2.24) is 20.3 Å². The number of halogens is 4. The third-order valence-corrected chi connectivity index (χ3v) is 4.87. The smallest absolute Gasteiger partial charge is 0.360 e. The third kappa shape index (κ3) is 3.73. The van der Waals surface area contributed by atoms with Crippen molar-refractivity contribution >= 4 is 16.9 Å². The zero-order chi connectivity index (χ0) is 20.6. The highest BCUT2D eigenvalue weighted by Gasteiger charge is 2.36. The van der Waals surface area contributed by atoms with Gasteiger partial charge in [-0.1, -0.05) is 6.07 Å². The van der Waals surface area contributed by atoms with E-state index in [2.05, 4.69) is 25.6 Å². The molecule has 0 aliphatic carbocycles. The van der Waals surface area contributed by atoms with Crippen LogP contribution in [-0.2, 0) is 6.18 Å². The van der Waals surface area contributed by atoms with Crippen molar-refractivity contribution in [2.75, 3.05) is 18.4 Å². The van der Waals surface area contributed by atoms with E-state index < -0.39 is 24.0 Å². The maximum absolute atomic E-state index is 14.1. The van der Waals surface area contributed by atoms with E-state index >= 15 is 0 Å². The largest absolute Gasteiger partial charge is 0.419 e. The van der Waals surface area contributed by atoms with Gasteiger partial charge in [-0.3, -0.25) is 0 Å². The number of nitrogens with one attached hydrogen (secondary N) is 3. The molecule has 1 fully saturated rings. The number of nitrogens with zero attached hydrogens (tertiary/aromatic N) is 3. The van der Waals surface area contributed by atoms with Crippen LogP contribution in [0.3, 0.4) is 0 Å². The first-order chi connectivity index (χ1) is 13.9. The molecule has 4 rings (SSSR count). The lowest BCUT2D eigenvalue weighted by Gasteiger charge is -2.27. The van der Waals surface area contributed by atoms with E-state index in [0.717, 1.165) is 0 Å². The summed E-state index contributed by atoms with van der Waals surface area (Å²) in [6.45, 7) is 0.864. The van der Waals surface area contributed by atoms with Crippen LogP contribution in [0.4, 0.5) is 23.5 Å². The van der Waals surface area contributed by atoms with Gasteiger partial charge in [0.2, 0.25) is 5.95 Å². The number of hydrogen-bond donors (Lipinski definition) is 3. The summed E-state index contributed by atoms with van der Waals surface area (Å²) in [6.07, 6.45) is -3.40. The molecule has 1 aliphatic rings. The molecule has 1 aromatic carbocycles. The first kappa shape index (κ1) is 19.1. The highest BCUT2D eigenvalue weighted by atomic mass is 19.4. The second-order valence-electron chi connectivity index (χ2n) is 6.79. The molecule has 2 atom stereocenters. The maximum atomic E-state index is 14.1. The summed E-state index contributed by atoms with van der Waals surface area (Å²) in [6, 6.07) is 5.99. The fraction of sp³-hybridized carbons (Fsp3) is 0.316. The predicted octanol–water partition coefficient (Wildman–Crippen LogP) is 3.63. The number of benzene rings is 1. The van der Waals surface area contributed by atoms with E-state index in [1.165, 1.54) is 12.3 Å². The molecule has 1 saturated heterocycles. The Bertz CT molecular complexity index is 1080. The molecule has 10 heteroatoms. The highest BCUT2D eigenvalue weighted by molar-refractivity contribution is 5.96. The Hall–Kier alpha value is -3.19. The second kappa shape index (κ2) is 7.33. The number of H-pyrrole nitrogens is 1. The first-order valence-corrected chi connectivity index (χ1v) is 8.94. The van der Waals surface area contributed by atoms with Crippen molar-refractivity contribution in [3.05, 3.63) is 41.7 Å². The predicted molar refractivity (Wildman–Crippen MR) is 98.8 cm³/mol. The quantitative estimate of drug-likeness (QED) is 0.580. The van der Waals surface area contributed by atoms with Gasteiger partial charge >= 0.3 is 6.18 Å².